The van der Waals surface area contributed by atoms with E-state index >= 15 is 0 Å². The van der Waals surface area contributed by atoms with Gasteiger partial charge in [0.25, 0.3) is 0 Å². The van der Waals surface area contributed by atoms with Crippen LogP contribution < -0.4 is 19.9 Å². The lowest BCUT2D eigenvalue weighted by Gasteiger charge is -2.24. The number of quaternary nitrogens is 1. The van der Waals surface area contributed by atoms with Crippen LogP contribution in [0.15, 0.2) is 67.0 Å². The third-order valence-electron chi connectivity index (χ3n) is 10.4. The van der Waals surface area contributed by atoms with E-state index in [1.54, 1.807) is 20.8 Å². The summed E-state index contributed by atoms with van der Waals surface area (Å²) in [5.41, 5.74) is 5.22. The predicted octanol–water partition coefficient (Wildman–Crippen LogP) is 5.23. The van der Waals surface area contributed by atoms with E-state index in [1.165, 1.54) is 10.9 Å². The summed E-state index contributed by atoms with van der Waals surface area (Å²) >= 11 is 0. The van der Waals surface area contributed by atoms with Gasteiger partial charge in [0.1, 0.15) is 62.8 Å². The van der Waals surface area contributed by atoms with Gasteiger partial charge in [-0.2, -0.15) is 9.97 Å². The number of aliphatic hydroxyl groups is 2. The number of likely N-dealkylation sites (N-methyl/N-ethyl adjacent to an activating group) is 1. The molecule has 4 aromatic carbocycles. The van der Waals surface area contributed by atoms with Crippen LogP contribution in [-0.4, -0.2) is 153 Å². The summed E-state index contributed by atoms with van der Waals surface area (Å²) in [7, 11) is -7.61. The lowest BCUT2D eigenvalue weighted by atomic mass is 9.96. The van der Waals surface area contributed by atoms with Gasteiger partial charge in [0, 0.05) is 10.8 Å². The normalized spacial score (nSPS) is 20.4. The van der Waals surface area contributed by atoms with Crippen molar-refractivity contribution in [3.8, 4) is 17.5 Å². The third kappa shape index (κ3) is 13.7. The maximum Gasteiger partial charge on any atom is 0.472 e. The Bertz CT molecular complexity index is 2950. The topological polar surface area (TPSA) is 314 Å². The van der Waals surface area contributed by atoms with E-state index in [2.05, 4.69) is 15.0 Å². The average Bonchev–Trinajstić information content (AvgIpc) is 3.82. The number of aliphatic hydroxyl groups excluding tert-OH is 2. The number of phosphoric ester groups is 3. The summed E-state index contributed by atoms with van der Waals surface area (Å²) in [6.07, 6.45) is -4.43. The highest BCUT2D eigenvalue weighted by Gasteiger charge is 2.46. The number of phosphoric acid groups is 3. The molecule has 7 atom stereocenters. The van der Waals surface area contributed by atoms with Gasteiger partial charge < -0.3 is 54.1 Å². The molecule has 27 heteroatoms. The molecule has 0 spiro atoms. The molecule has 0 amide bonds. The maximum atomic E-state index is 12.8. The molecule has 0 radical (unpaired) electrons. The Morgan fingerprint density at radius 2 is 1.17 bits per heavy atom. The van der Waals surface area contributed by atoms with E-state index in [0.29, 0.717) is 22.5 Å². The molecule has 3 heterocycles. The highest BCUT2D eigenvalue weighted by Crippen LogP contribution is 2.49. The number of ether oxygens (including phenoxy) is 4. The van der Waals surface area contributed by atoms with E-state index < -0.39 is 66.8 Å². The number of aromatic nitrogens is 4. The summed E-state index contributed by atoms with van der Waals surface area (Å²) in [5, 5.41) is 26.4. The van der Waals surface area contributed by atoms with Crippen LogP contribution in [0.4, 0.5) is 5.82 Å². The van der Waals surface area contributed by atoms with E-state index in [0.717, 1.165) is 32.3 Å². The molecule has 1 saturated heterocycles. The molecule has 6 aromatic rings. The first-order valence-electron chi connectivity index (χ1n) is 21.9. The Kier molecular flexibility index (Phi) is 16.6. The van der Waals surface area contributed by atoms with Crippen LogP contribution in [-0.2, 0) is 45.6 Å². The van der Waals surface area contributed by atoms with Gasteiger partial charge in [-0.05, 0) is 54.4 Å². The minimum atomic E-state index is -4.62. The number of hydrogen-bond acceptors (Lipinski definition) is 19. The predicted molar refractivity (Wildman–Crippen MR) is 254 cm³/mol. The van der Waals surface area contributed by atoms with Crippen LogP contribution in [0.1, 0.15) is 27.0 Å². The molecule has 7 unspecified atom stereocenters. The number of nitrogens with zero attached hydrogens (tertiary/aromatic N) is 5. The van der Waals surface area contributed by atoms with Crippen LogP contribution in [0, 0.1) is 0 Å². The molecule has 1 aliphatic heterocycles. The second-order valence-corrected chi connectivity index (χ2v) is 22.3. The fraction of sp³-hybridized carbons (Fsp3) is 0.465. The van der Waals surface area contributed by atoms with Crippen LogP contribution in [0.2, 0.25) is 0 Å². The zero-order valence-electron chi connectivity index (χ0n) is 39.2. The Morgan fingerprint density at radius 3 is 1.69 bits per heavy atom. The summed E-state index contributed by atoms with van der Waals surface area (Å²) in [4.78, 5) is 43.1. The van der Waals surface area contributed by atoms with Crippen molar-refractivity contribution in [1.29, 1.82) is 0 Å². The number of nitrogens with two attached hydrogens (primary N) is 1. The van der Waals surface area contributed by atoms with Crippen molar-refractivity contribution in [2.24, 2.45) is 0 Å². The van der Waals surface area contributed by atoms with Crippen LogP contribution in [0.5, 0.6) is 17.5 Å². The highest BCUT2D eigenvalue weighted by atomic mass is 31.2. The molecular weight excluding hydrogens is 981 g/mol. The van der Waals surface area contributed by atoms with Crippen molar-refractivity contribution in [2.75, 3.05) is 86.3 Å². The van der Waals surface area contributed by atoms with Gasteiger partial charge in [0.15, 0.2) is 23.2 Å². The Labute approximate surface area is 402 Å². The minimum absolute atomic E-state index is 0.0261. The standard InChI is InChI=1S/C43H57N6O18P3/c1-43(2,3)67-70(56,57)65-25-35-37(50)38(51)41(66-35)48-26-45-36-39(44)46-42(47-40(36)48)60-19-22-64-69(54,55)63-21-18-59-34-24-32-27-11-7-9-13-29(27)33(23-31(32)28-12-8-10-14-30(28)34)58-17-20-62-68(52,53)61-16-15-49(4,5)6/h7-14,23-24,26,35,37-38,41,50-51H,15-22,25H2,1-6H3,(H4-,44,46,47,52,53,54,55,56,57)/p+1. The van der Waals surface area contributed by atoms with Crippen molar-refractivity contribution in [2.45, 2.75) is 50.9 Å². The van der Waals surface area contributed by atoms with Gasteiger partial charge in [-0.3, -0.25) is 31.7 Å². The summed E-state index contributed by atoms with van der Waals surface area (Å²) in [6, 6.07) is 18.6. The molecule has 0 aliphatic carbocycles. The Morgan fingerprint density at radius 1 is 0.671 bits per heavy atom. The monoisotopic (exact) mass is 1040 g/mol. The largest absolute Gasteiger partial charge is 0.490 e. The van der Waals surface area contributed by atoms with E-state index in [1.807, 2.05) is 81.8 Å². The average molecular weight is 1040 g/mol. The van der Waals surface area contributed by atoms with Gasteiger partial charge in [-0.15, -0.1) is 0 Å². The van der Waals surface area contributed by atoms with Gasteiger partial charge in [0.05, 0.1) is 59.5 Å². The second kappa shape index (κ2) is 21.7. The SMILES string of the molecule is CC(C)(C)OP(=O)(O)OCC1OC(n2cnc3c(N)nc(OCCOP(=O)(O)OCCOc4cc5c6ccccc6c(OCCOP(=O)(O)OCC[N+](C)(C)C)cc5c5ccccc45)nc32)C(O)C1O. The van der Waals surface area contributed by atoms with Crippen molar-refractivity contribution in [3.05, 3.63) is 67.0 Å². The molecule has 2 aromatic heterocycles. The Balaban J connectivity index is 0.926. The zero-order valence-corrected chi connectivity index (χ0v) is 41.9. The third-order valence-corrected chi connectivity index (χ3v) is 13.7. The molecular formula is C43H58N6O18P3+. The van der Waals surface area contributed by atoms with Gasteiger partial charge >= 0.3 is 29.5 Å². The smallest absolute Gasteiger partial charge is 0.472 e. The number of fused-ring (bicyclic) bond motifs is 6. The number of benzene rings is 4. The van der Waals surface area contributed by atoms with Gasteiger partial charge in [-0.25, -0.2) is 18.7 Å². The number of imidazole rings is 1. The van der Waals surface area contributed by atoms with Crippen LogP contribution in [0.3, 0.4) is 0 Å². The molecule has 7 N–H and O–H groups in total. The highest BCUT2D eigenvalue weighted by molar-refractivity contribution is 7.47. The fourth-order valence-electron chi connectivity index (χ4n) is 7.33. The zero-order chi connectivity index (χ0) is 50.6. The first-order chi connectivity index (χ1) is 32.9. The number of hydrogen-bond donors (Lipinski definition) is 6. The first-order valence-corrected chi connectivity index (χ1v) is 26.4. The first kappa shape index (κ1) is 53.4. The summed E-state index contributed by atoms with van der Waals surface area (Å²) < 4.78 is 93.6. The molecule has 1 fully saturated rings. The molecule has 0 saturated carbocycles. The molecule has 382 valence electrons. The van der Waals surface area contributed by atoms with Crippen LogP contribution in [0.25, 0.3) is 43.5 Å². The number of rotatable bonds is 24. The van der Waals surface area contributed by atoms with E-state index in [9.17, 15) is 38.6 Å². The van der Waals surface area contributed by atoms with Gasteiger partial charge in [0.2, 0.25) is 0 Å². The van der Waals surface area contributed by atoms with Gasteiger partial charge in [-0.1, -0.05) is 48.5 Å². The summed E-state index contributed by atoms with van der Waals surface area (Å²) in [5.74, 6) is 0.901. The van der Waals surface area contributed by atoms with Crippen molar-refractivity contribution in [3.63, 3.8) is 0 Å². The quantitative estimate of drug-likeness (QED) is 0.0196. The van der Waals surface area contributed by atoms with Crippen molar-refractivity contribution >= 4 is 72.8 Å². The fourth-order valence-corrected chi connectivity index (χ4v) is 9.78. The molecule has 1 aliphatic rings. The molecule has 7 rings (SSSR count). The lowest BCUT2D eigenvalue weighted by molar-refractivity contribution is -0.870. The van der Waals surface area contributed by atoms with Crippen LogP contribution >= 0.6 is 23.5 Å². The maximum absolute atomic E-state index is 12.8. The molecule has 24 nitrogen and oxygen atoms in total. The summed E-state index contributed by atoms with van der Waals surface area (Å²) in [6.45, 7) is 3.17. The van der Waals surface area contributed by atoms with E-state index in [4.69, 9.17) is 51.8 Å². The molecule has 70 heavy (non-hydrogen) atoms. The second-order valence-electron chi connectivity index (χ2n) is 18.0. The van der Waals surface area contributed by atoms with E-state index in [-0.39, 0.29) is 62.6 Å². The Hall–Kier alpha value is -4.42. The van der Waals surface area contributed by atoms with Crippen molar-refractivity contribution in [1.82, 2.24) is 19.5 Å². The number of anilines is 1. The van der Waals surface area contributed by atoms with Crippen molar-refractivity contribution < 1.29 is 89.2 Å². The lowest BCUT2D eigenvalue weighted by Crippen LogP contribution is -2.37. The minimum Gasteiger partial charge on any atom is -0.490 e. The number of nitrogen functional groups attached to an aromatic ring is 1. The molecule has 0 bridgehead atoms.